The first kappa shape index (κ1) is 13.2. The smallest absolute Gasteiger partial charge is 0.0628 e. The van der Waals surface area contributed by atoms with Gasteiger partial charge in [0.15, 0.2) is 0 Å². The number of nitrogens with zero attached hydrogens (tertiary/aromatic N) is 2. The average molecular weight is 224 g/mol. The van der Waals surface area contributed by atoms with Gasteiger partial charge < -0.3 is 11.1 Å². The topological polar surface area (TPSA) is 55.9 Å². The van der Waals surface area contributed by atoms with Crippen LogP contribution in [-0.2, 0) is 13.0 Å². The maximum absolute atomic E-state index is 5.56. The fourth-order valence-corrected chi connectivity index (χ4v) is 1.93. The van der Waals surface area contributed by atoms with Crippen LogP contribution in [0.25, 0.3) is 0 Å². The zero-order valence-electron chi connectivity index (χ0n) is 10.9. The molecule has 0 aliphatic heterocycles. The van der Waals surface area contributed by atoms with Gasteiger partial charge in [-0.1, -0.05) is 0 Å². The number of hydrogen-bond donors (Lipinski definition) is 2. The van der Waals surface area contributed by atoms with Gasteiger partial charge in [0.25, 0.3) is 0 Å². The van der Waals surface area contributed by atoms with E-state index in [-0.39, 0.29) is 0 Å². The normalized spacial score (nSPS) is 13.1. The molecule has 0 aliphatic rings. The number of aromatic nitrogens is 2. The summed E-state index contributed by atoms with van der Waals surface area (Å²) in [5.41, 5.74) is 9.38. The average Bonchev–Trinajstić information content (AvgIpc) is 2.55. The minimum Gasteiger partial charge on any atom is -0.329 e. The summed E-state index contributed by atoms with van der Waals surface area (Å²) in [7, 11) is 0. The fourth-order valence-electron chi connectivity index (χ4n) is 1.93. The third-order valence-electron chi connectivity index (χ3n) is 3.05. The summed E-state index contributed by atoms with van der Waals surface area (Å²) in [5, 5.41) is 7.91. The Morgan fingerprint density at radius 1 is 1.44 bits per heavy atom. The standard InChI is InChI=1S/C12H24N4/c1-5-16-11(4)12(10(3)15-16)6-7-14-9(2)8-13/h9,14H,5-8,13H2,1-4H3/t9-/m0/s1. The van der Waals surface area contributed by atoms with Crippen LogP contribution in [0.4, 0.5) is 0 Å². The van der Waals surface area contributed by atoms with Crippen LogP contribution in [0, 0.1) is 13.8 Å². The lowest BCUT2D eigenvalue weighted by Crippen LogP contribution is -2.34. The van der Waals surface area contributed by atoms with Gasteiger partial charge in [-0.15, -0.1) is 0 Å². The highest BCUT2D eigenvalue weighted by atomic mass is 15.3. The Kier molecular flexibility index (Phi) is 4.96. The van der Waals surface area contributed by atoms with Gasteiger partial charge in [0.05, 0.1) is 5.69 Å². The van der Waals surface area contributed by atoms with Crippen molar-refractivity contribution in [2.24, 2.45) is 5.73 Å². The first-order chi connectivity index (χ1) is 7.60. The number of rotatable bonds is 6. The Morgan fingerprint density at radius 3 is 2.62 bits per heavy atom. The molecule has 0 spiro atoms. The molecule has 4 nitrogen and oxygen atoms in total. The van der Waals surface area contributed by atoms with E-state index >= 15 is 0 Å². The van der Waals surface area contributed by atoms with Crippen molar-refractivity contribution in [1.82, 2.24) is 15.1 Å². The van der Waals surface area contributed by atoms with E-state index in [1.54, 1.807) is 0 Å². The van der Waals surface area contributed by atoms with Crippen LogP contribution in [0.5, 0.6) is 0 Å². The Hall–Kier alpha value is -0.870. The van der Waals surface area contributed by atoms with Crippen molar-refractivity contribution in [2.75, 3.05) is 13.1 Å². The third kappa shape index (κ3) is 3.06. The van der Waals surface area contributed by atoms with E-state index < -0.39 is 0 Å². The molecule has 1 aromatic rings. The molecular formula is C12H24N4. The summed E-state index contributed by atoms with van der Waals surface area (Å²) < 4.78 is 2.07. The van der Waals surface area contributed by atoms with Crippen molar-refractivity contribution < 1.29 is 0 Å². The van der Waals surface area contributed by atoms with Crippen molar-refractivity contribution in [1.29, 1.82) is 0 Å². The Balaban J connectivity index is 2.56. The van der Waals surface area contributed by atoms with Crippen LogP contribution < -0.4 is 11.1 Å². The summed E-state index contributed by atoms with van der Waals surface area (Å²) in [6.07, 6.45) is 1.03. The monoisotopic (exact) mass is 224 g/mol. The van der Waals surface area contributed by atoms with Crippen molar-refractivity contribution in [2.45, 2.75) is 46.7 Å². The van der Waals surface area contributed by atoms with Crippen molar-refractivity contribution in [3.05, 3.63) is 17.0 Å². The maximum atomic E-state index is 5.56. The molecule has 92 valence electrons. The van der Waals surface area contributed by atoms with Gasteiger partial charge >= 0.3 is 0 Å². The summed E-state index contributed by atoms with van der Waals surface area (Å²) in [6.45, 7) is 11.1. The summed E-state index contributed by atoms with van der Waals surface area (Å²) in [6, 6.07) is 0.391. The molecule has 0 aromatic carbocycles. The Morgan fingerprint density at radius 2 is 2.12 bits per heavy atom. The van der Waals surface area contributed by atoms with E-state index in [2.05, 4.69) is 42.8 Å². The lowest BCUT2D eigenvalue weighted by Gasteiger charge is -2.11. The second-order valence-electron chi connectivity index (χ2n) is 4.31. The molecule has 0 saturated heterocycles. The molecule has 0 radical (unpaired) electrons. The molecule has 0 saturated carbocycles. The van der Waals surface area contributed by atoms with E-state index in [1.165, 1.54) is 11.3 Å². The first-order valence-corrected chi connectivity index (χ1v) is 6.06. The second kappa shape index (κ2) is 6.01. The first-order valence-electron chi connectivity index (χ1n) is 6.06. The van der Waals surface area contributed by atoms with Crippen molar-refractivity contribution in [3.8, 4) is 0 Å². The molecule has 0 fully saturated rings. The van der Waals surface area contributed by atoms with Crippen LogP contribution in [0.15, 0.2) is 0 Å². The zero-order chi connectivity index (χ0) is 12.1. The predicted molar refractivity (Wildman–Crippen MR) is 67.6 cm³/mol. The van der Waals surface area contributed by atoms with E-state index in [9.17, 15) is 0 Å². The number of nitrogens with one attached hydrogen (secondary N) is 1. The predicted octanol–water partition coefficient (Wildman–Crippen LogP) is 0.999. The largest absolute Gasteiger partial charge is 0.329 e. The van der Waals surface area contributed by atoms with Crippen LogP contribution in [0.3, 0.4) is 0 Å². The van der Waals surface area contributed by atoms with Crippen LogP contribution in [0.1, 0.15) is 30.8 Å². The Bertz CT molecular complexity index is 330. The van der Waals surface area contributed by atoms with Gasteiger partial charge in [0.1, 0.15) is 0 Å². The quantitative estimate of drug-likeness (QED) is 0.758. The SMILES string of the molecule is CCn1nc(C)c(CCN[C@@H](C)CN)c1C. The molecule has 4 heteroatoms. The van der Waals surface area contributed by atoms with E-state index in [4.69, 9.17) is 5.73 Å². The van der Waals surface area contributed by atoms with Crippen molar-refractivity contribution >= 4 is 0 Å². The highest BCUT2D eigenvalue weighted by Gasteiger charge is 2.10. The molecule has 3 N–H and O–H groups in total. The molecule has 1 heterocycles. The summed E-state index contributed by atoms with van der Waals surface area (Å²) in [4.78, 5) is 0. The van der Waals surface area contributed by atoms with E-state index in [0.717, 1.165) is 25.2 Å². The molecule has 1 atom stereocenters. The molecule has 1 rings (SSSR count). The van der Waals surface area contributed by atoms with Gasteiger partial charge in [-0.3, -0.25) is 4.68 Å². The molecule has 16 heavy (non-hydrogen) atoms. The van der Waals surface area contributed by atoms with Gasteiger partial charge in [0, 0.05) is 24.8 Å². The van der Waals surface area contributed by atoms with E-state index in [1.807, 2.05) is 0 Å². The highest BCUT2D eigenvalue weighted by molar-refractivity contribution is 5.24. The number of nitrogens with two attached hydrogens (primary N) is 1. The molecule has 1 aromatic heterocycles. The minimum absolute atomic E-state index is 0.391. The van der Waals surface area contributed by atoms with Gasteiger partial charge in [-0.05, 0) is 46.2 Å². The lowest BCUT2D eigenvalue weighted by atomic mass is 10.1. The lowest BCUT2D eigenvalue weighted by molar-refractivity contribution is 0.557. The Labute approximate surface area is 98.2 Å². The highest BCUT2D eigenvalue weighted by Crippen LogP contribution is 2.13. The molecule has 0 unspecified atom stereocenters. The second-order valence-corrected chi connectivity index (χ2v) is 4.31. The van der Waals surface area contributed by atoms with E-state index in [0.29, 0.717) is 12.6 Å². The fraction of sp³-hybridized carbons (Fsp3) is 0.750. The van der Waals surface area contributed by atoms with Crippen molar-refractivity contribution in [3.63, 3.8) is 0 Å². The van der Waals surface area contributed by atoms with Crippen LogP contribution in [-0.4, -0.2) is 28.9 Å². The molecular weight excluding hydrogens is 200 g/mol. The zero-order valence-corrected chi connectivity index (χ0v) is 10.9. The van der Waals surface area contributed by atoms with Crippen LogP contribution >= 0.6 is 0 Å². The van der Waals surface area contributed by atoms with Gasteiger partial charge in [0.2, 0.25) is 0 Å². The third-order valence-corrected chi connectivity index (χ3v) is 3.05. The molecule has 0 amide bonds. The van der Waals surface area contributed by atoms with Gasteiger partial charge in [-0.2, -0.15) is 5.10 Å². The van der Waals surface area contributed by atoms with Gasteiger partial charge in [-0.25, -0.2) is 0 Å². The molecule has 0 bridgehead atoms. The number of aryl methyl sites for hydroxylation is 2. The minimum atomic E-state index is 0.391. The maximum Gasteiger partial charge on any atom is 0.0628 e. The summed E-state index contributed by atoms with van der Waals surface area (Å²) in [5.74, 6) is 0. The van der Waals surface area contributed by atoms with Crippen LogP contribution in [0.2, 0.25) is 0 Å². The number of hydrogen-bond acceptors (Lipinski definition) is 3. The summed E-state index contributed by atoms with van der Waals surface area (Å²) >= 11 is 0. The molecule has 0 aliphatic carbocycles.